The van der Waals surface area contributed by atoms with Gasteiger partial charge in [-0.25, -0.2) is 22.6 Å². The predicted molar refractivity (Wildman–Crippen MR) is 111 cm³/mol. The number of benzene rings is 2. The van der Waals surface area contributed by atoms with Crippen molar-refractivity contribution in [1.82, 2.24) is 19.3 Å². The van der Waals surface area contributed by atoms with Gasteiger partial charge in [0.15, 0.2) is 0 Å². The smallest absolute Gasteiger partial charge is 0.217 e. The fourth-order valence-corrected chi connectivity index (χ4v) is 4.83. The summed E-state index contributed by atoms with van der Waals surface area (Å²) in [6.45, 7) is 5.87. The third-order valence-corrected chi connectivity index (χ3v) is 6.89. The van der Waals surface area contributed by atoms with Crippen LogP contribution >= 0.6 is 11.3 Å². The first-order chi connectivity index (χ1) is 13.3. The van der Waals surface area contributed by atoms with Crippen molar-refractivity contribution in [2.75, 3.05) is 0 Å². The SMILES string of the molecule is Cc1nn2c(CNS(=O)(=O)c3ccc(C)c(C)c3)c(-c3ccccc3)nc2s1. The summed E-state index contributed by atoms with van der Waals surface area (Å²) >= 11 is 1.48. The van der Waals surface area contributed by atoms with Gasteiger partial charge in [-0.05, 0) is 44.0 Å². The van der Waals surface area contributed by atoms with E-state index in [2.05, 4.69) is 14.8 Å². The number of imidazole rings is 1. The number of fused-ring (bicyclic) bond motifs is 1. The summed E-state index contributed by atoms with van der Waals surface area (Å²) in [4.78, 5) is 5.69. The summed E-state index contributed by atoms with van der Waals surface area (Å²) in [6.07, 6.45) is 0. The van der Waals surface area contributed by atoms with Crippen molar-refractivity contribution in [3.63, 3.8) is 0 Å². The van der Waals surface area contributed by atoms with Gasteiger partial charge in [0.25, 0.3) is 0 Å². The van der Waals surface area contributed by atoms with E-state index in [-0.39, 0.29) is 11.4 Å². The first-order valence-electron chi connectivity index (χ1n) is 8.82. The van der Waals surface area contributed by atoms with Crippen LogP contribution in [0.3, 0.4) is 0 Å². The molecule has 0 bridgehead atoms. The van der Waals surface area contributed by atoms with Gasteiger partial charge in [-0.2, -0.15) is 5.10 Å². The third-order valence-electron chi connectivity index (χ3n) is 4.66. The minimum absolute atomic E-state index is 0.101. The molecule has 4 aromatic rings. The van der Waals surface area contributed by atoms with Gasteiger partial charge in [0.2, 0.25) is 15.0 Å². The normalized spacial score (nSPS) is 12.0. The second-order valence-electron chi connectivity index (χ2n) is 6.66. The quantitative estimate of drug-likeness (QED) is 0.540. The van der Waals surface area contributed by atoms with E-state index in [1.54, 1.807) is 16.6 Å². The Kier molecular flexibility index (Phi) is 4.78. The molecule has 0 aliphatic carbocycles. The van der Waals surface area contributed by atoms with Crippen molar-refractivity contribution in [3.05, 3.63) is 70.4 Å². The molecule has 1 N–H and O–H groups in total. The Hall–Kier alpha value is -2.55. The maximum absolute atomic E-state index is 12.8. The van der Waals surface area contributed by atoms with Crippen LogP contribution in [0, 0.1) is 20.8 Å². The maximum Gasteiger partial charge on any atom is 0.240 e. The standard InChI is InChI=1S/C20H20N4O2S2/c1-13-9-10-17(11-14(13)2)28(25,26)21-12-18-19(16-7-5-4-6-8-16)22-20-24(18)23-15(3)27-20/h4-11,21H,12H2,1-3H3. The Morgan fingerprint density at radius 2 is 1.79 bits per heavy atom. The molecule has 28 heavy (non-hydrogen) atoms. The van der Waals surface area contributed by atoms with E-state index in [9.17, 15) is 8.42 Å². The molecule has 2 aromatic carbocycles. The van der Waals surface area contributed by atoms with Gasteiger partial charge < -0.3 is 0 Å². The zero-order valence-electron chi connectivity index (χ0n) is 15.8. The molecular weight excluding hydrogens is 392 g/mol. The van der Waals surface area contributed by atoms with Crippen LogP contribution in [0.15, 0.2) is 53.4 Å². The molecule has 2 aromatic heterocycles. The number of nitrogens with zero attached hydrogens (tertiary/aromatic N) is 3. The molecule has 0 spiro atoms. The molecule has 4 rings (SSSR count). The molecule has 0 aliphatic rings. The van der Waals surface area contributed by atoms with Crippen molar-refractivity contribution in [1.29, 1.82) is 0 Å². The summed E-state index contributed by atoms with van der Waals surface area (Å²) in [5.41, 5.74) is 4.38. The van der Waals surface area contributed by atoms with Gasteiger partial charge >= 0.3 is 0 Å². The topological polar surface area (TPSA) is 76.4 Å². The van der Waals surface area contributed by atoms with Crippen LogP contribution < -0.4 is 4.72 Å². The van der Waals surface area contributed by atoms with E-state index in [0.717, 1.165) is 38.0 Å². The molecule has 0 aliphatic heterocycles. The molecule has 6 nitrogen and oxygen atoms in total. The van der Waals surface area contributed by atoms with E-state index in [1.165, 1.54) is 11.3 Å². The molecule has 0 atom stereocenters. The lowest BCUT2D eigenvalue weighted by atomic mass is 10.1. The number of nitrogens with one attached hydrogen (secondary N) is 1. The Bertz CT molecular complexity index is 1260. The molecule has 0 amide bonds. The summed E-state index contributed by atoms with van der Waals surface area (Å²) in [6, 6.07) is 14.9. The van der Waals surface area contributed by atoms with E-state index in [1.807, 2.05) is 57.2 Å². The van der Waals surface area contributed by atoms with Crippen LogP contribution in [-0.4, -0.2) is 23.0 Å². The Morgan fingerprint density at radius 1 is 1.04 bits per heavy atom. The zero-order chi connectivity index (χ0) is 19.9. The molecule has 0 unspecified atom stereocenters. The number of hydrogen-bond donors (Lipinski definition) is 1. The molecule has 8 heteroatoms. The monoisotopic (exact) mass is 412 g/mol. The summed E-state index contributed by atoms with van der Waals surface area (Å²) < 4.78 is 30.1. The number of aryl methyl sites for hydroxylation is 3. The van der Waals surface area contributed by atoms with Crippen LogP contribution in [0.5, 0.6) is 0 Å². The highest BCUT2D eigenvalue weighted by Crippen LogP contribution is 2.27. The second-order valence-corrected chi connectivity index (χ2v) is 9.59. The number of sulfonamides is 1. The van der Waals surface area contributed by atoms with Crippen LogP contribution in [0.4, 0.5) is 0 Å². The molecule has 2 heterocycles. The van der Waals surface area contributed by atoms with Gasteiger partial charge in [-0.3, -0.25) is 0 Å². The van der Waals surface area contributed by atoms with Crippen LogP contribution in [0.25, 0.3) is 16.2 Å². The summed E-state index contributed by atoms with van der Waals surface area (Å²) in [5, 5.41) is 5.37. The van der Waals surface area contributed by atoms with Crippen LogP contribution in [0.1, 0.15) is 21.8 Å². The summed E-state index contributed by atoms with van der Waals surface area (Å²) in [7, 11) is -3.65. The fourth-order valence-electron chi connectivity index (χ4n) is 3.00. The molecule has 0 saturated heterocycles. The van der Waals surface area contributed by atoms with Crippen molar-refractivity contribution in [3.8, 4) is 11.3 Å². The average molecular weight is 413 g/mol. The number of hydrogen-bond acceptors (Lipinski definition) is 5. The Morgan fingerprint density at radius 3 is 2.50 bits per heavy atom. The third kappa shape index (κ3) is 3.46. The Balaban J connectivity index is 1.72. The molecule has 0 saturated carbocycles. The highest BCUT2D eigenvalue weighted by molar-refractivity contribution is 7.89. The summed E-state index contributed by atoms with van der Waals surface area (Å²) in [5.74, 6) is 0. The lowest BCUT2D eigenvalue weighted by Gasteiger charge is -2.09. The van der Waals surface area contributed by atoms with Crippen LogP contribution in [0.2, 0.25) is 0 Å². The van der Waals surface area contributed by atoms with E-state index < -0.39 is 10.0 Å². The van der Waals surface area contributed by atoms with Crippen molar-refractivity contribution >= 4 is 26.3 Å². The minimum Gasteiger partial charge on any atom is -0.217 e. The molecule has 144 valence electrons. The van der Waals surface area contributed by atoms with E-state index in [0.29, 0.717) is 0 Å². The largest absolute Gasteiger partial charge is 0.240 e. The second kappa shape index (κ2) is 7.12. The number of rotatable bonds is 5. The number of aromatic nitrogens is 3. The fraction of sp³-hybridized carbons (Fsp3) is 0.200. The molecular formula is C20H20N4O2S2. The minimum atomic E-state index is -3.65. The lowest BCUT2D eigenvalue weighted by molar-refractivity contribution is 0.579. The predicted octanol–water partition coefficient (Wildman–Crippen LogP) is 3.86. The van der Waals surface area contributed by atoms with Crippen molar-refractivity contribution < 1.29 is 8.42 Å². The van der Waals surface area contributed by atoms with Gasteiger partial charge in [0.1, 0.15) is 5.01 Å². The molecule has 0 fully saturated rings. The van der Waals surface area contributed by atoms with Crippen molar-refractivity contribution in [2.24, 2.45) is 0 Å². The van der Waals surface area contributed by atoms with E-state index in [4.69, 9.17) is 0 Å². The first-order valence-corrected chi connectivity index (χ1v) is 11.1. The van der Waals surface area contributed by atoms with Gasteiger partial charge in [-0.1, -0.05) is 47.7 Å². The first kappa shape index (κ1) is 18.8. The Labute approximate surface area is 167 Å². The lowest BCUT2D eigenvalue weighted by Crippen LogP contribution is -2.24. The van der Waals surface area contributed by atoms with Crippen LogP contribution in [-0.2, 0) is 16.6 Å². The maximum atomic E-state index is 12.8. The van der Waals surface area contributed by atoms with Gasteiger partial charge in [0.05, 0.1) is 22.8 Å². The highest BCUT2D eigenvalue weighted by atomic mass is 32.2. The highest BCUT2D eigenvalue weighted by Gasteiger charge is 2.20. The molecule has 0 radical (unpaired) electrons. The average Bonchev–Trinajstić information content (AvgIpc) is 3.19. The van der Waals surface area contributed by atoms with E-state index >= 15 is 0 Å². The van der Waals surface area contributed by atoms with Crippen molar-refractivity contribution in [2.45, 2.75) is 32.2 Å². The van der Waals surface area contributed by atoms with Gasteiger partial charge in [-0.15, -0.1) is 0 Å². The zero-order valence-corrected chi connectivity index (χ0v) is 17.4. The van der Waals surface area contributed by atoms with Gasteiger partial charge in [0, 0.05) is 5.56 Å².